The molecule has 120 valence electrons. The van der Waals surface area contributed by atoms with E-state index < -0.39 is 0 Å². The number of hydrogen-bond donors (Lipinski definition) is 1. The van der Waals surface area contributed by atoms with Crippen molar-refractivity contribution in [2.24, 2.45) is 5.92 Å². The summed E-state index contributed by atoms with van der Waals surface area (Å²) in [4.78, 5) is 4.26. The molecule has 1 unspecified atom stereocenters. The third kappa shape index (κ3) is 5.19. The van der Waals surface area contributed by atoms with Gasteiger partial charge < -0.3 is 14.6 Å². The van der Waals surface area contributed by atoms with Gasteiger partial charge in [-0.1, -0.05) is 19.1 Å². The van der Waals surface area contributed by atoms with Gasteiger partial charge in [0.15, 0.2) is 0 Å². The Balaban J connectivity index is 1.72. The third-order valence-corrected chi connectivity index (χ3v) is 3.55. The molecular formula is C18H27N3O. The Morgan fingerprint density at radius 1 is 1.18 bits per heavy atom. The Morgan fingerprint density at radius 3 is 2.50 bits per heavy atom. The normalized spacial score (nSPS) is 12.6. The molecule has 0 aliphatic rings. The van der Waals surface area contributed by atoms with Crippen LogP contribution in [0.5, 0.6) is 5.75 Å². The van der Waals surface area contributed by atoms with Gasteiger partial charge in [0.2, 0.25) is 0 Å². The molecule has 1 N–H and O–H groups in total. The Bertz CT molecular complexity index is 560. The van der Waals surface area contributed by atoms with E-state index in [0.717, 1.165) is 31.2 Å². The van der Waals surface area contributed by atoms with Gasteiger partial charge >= 0.3 is 0 Å². The number of rotatable bonds is 8. The van der Waals surface area contributed by atoms with E-state index in [1.54, 1.807) is 0 Å². The number of ether oxygens (including phenoxy) is 1. The monoisotopic (exact) mass is 301 g/mol. The lowest BCUT2D eigenvalue weighted by Crippen LogP contribution is -2.24. The molecule has 0 bridgehead atoms. The summed E-state index contributed by atoms with van der Waals surface area (Å²) in [5, 5.41) is 3.52. The minimum Gasteiger partial charge on any atom is -0.491 e. The standard InChI is InChI=1S/C18H27N3O/c1-14(2)22-18-7-5-17(6-8-18)12-19-11-15(3)13-21-10-9-20-16(21)4/h5-10,14-15,19H,11-13H2,1-4H3. The maximum Gasteiger partial charge on any atom is 0.119 e. The third-order valence-electron chi connectivity index (χ3n) is 3.55. The van der Waals surface area contributed by atoms with Crippen molar-refractivity contribution in [3.63, 3.8) is 0 Å². The highest BCUT2D eigenvalue weighted by Gasteiger charge is 2.05. The number of nitrogens with one attached hydrogen (secondary N) is 1. The van der Waals surface area contributed by atoms with Crippen LogP contribution in [-0.4, -0.2) is 22.2 Å². The van der Waals surface area contributed by atoms with E-state index in [1.165, 1.54) is 5.56 Å². The van der Waals surface area contributed by atoms with Gasteiger partial charge in [-0.25, -0.2) is 4.98 Å². The van der Waals surface area contributed by atoms with Crippen LogP contribution in [-0.2, 0) is 13.1 Å². The minimum atomic E-state index is 0.219. The van der Waals surface area contributed by atoms with Gasteiger partial charge in [0.25, 0.3) is 0 Å². The van der Waals surface area contributed by atoms with Gasteiger partial charge in [-0.2, -0.15) is 0 Å². The van der Waals surface area contributed by atoms with Gasteiger partial charge in [0.1, 0.15) is 11.6 Å². The average molecular weight is 301 g/mol. The van der Waals surface area contributed by atoms with Crippen molar-refractivity contribution in [2.45, 2.75) is 46.9 Å². The highest BCUT2D eigenvalue weighted by molar-refractivity contribution is 5.27. The number of hydrogen-bond acceptors (Lipinski definition) is 3. The second-order valence-corrected chi connectivity index (χ2v) is 6.17. The summed E-state index contributed by atoms with van der Waals surface area (Å²) < 4.78 is 7.85. The summed E-state index contributed by atoms with van der Waals surface area (Å²) in [6.45, 7) is 11.3. The summed E-state index contributed by atoms with van der Waals surface area (Å²) in [6, 6.07) is 8.31. The van der Waals surface area contributed by atoms with Crippen LogP contribution in [0.15, 0.2) is 36.7 Å². The average Bonchev–Trinajstić information content (AvgIpc) is 2.85. The molecule has 0 aliphatic carbocycles. The zero-order chi connectivity index (χ0) is 15.9. The fraction of sp³-hybridized carbons (Fsp3) is 0.500. The van der Waals surface area contributed by atoms with Gasteiger partial charge in [0.05, 0.1) is 6.10 Å². The summed E-state index contributed by atoms with van der Waals surface area (Å²) >= 11 is 0. The zero-order valence-corrected chi connectivity index (χ0v) is 14.0. The van der Waals surface area contributed by atoms with E-state index in [0.29, 0.717) is 5.92 Å². The summed E-state index contributed by atoms with van der Waals surface area (Å²) in [6.07, 6.45) is 4.12. The van der Waals surface area contributed by atoms with Gasteiger partial charge in [-0.15, -0.1) is 0 Å². The van der Waals surface area contributed by atoms with E-state index in [2.05, 4.69) is 33.9 Å². The highest BCUT2D eigenvalue weighted by Crippen LogP contribution is 2.13. The van der Waals surface area contributed by atoms with Crippen molar-refractivity contribution in [3.8, 4) is 5.75 Å². The SMILES string of the molecule is Cc1nccn1CC(C)CNCc1ccc(OC(C)C)cc1. The first kappa shape index (κ1) is 16.6. The van der Waals surface area contributed by atoms with Gasteiger partial charge in [0, 0.05) is 25.5 Å². The Labute approximate surface area is 133 Å². The first-order chi connectivity index (χ1) is 10.5. The van der Waals surface area contributed by atoms with Crippen LogP contribution in [0.3, 0.4) is 0 Å². The largest absolute Gasteiger partial charge is 0.491 e. The van der Waals surface area contributed by atoms with E-state index >= 15 is 0 Å². The number of benzene rings is 1. The van der Waals surface area contributed by atoms with Crippen LogP contribution in [0, 0.1) is 12.8 Å². The zero-order valence-electron chi connectivity index (χ0n) is 14.0. The van der Waals surface area contributed by atoms with Crippen molar-refractivity contribution >= 4 is 0 Å². The molecule has 0 saturated heterocycles. The van der Waals surface area contributed by atoms with Crippen LogP contribution in [0.25, 0.3) is 0 Å². The molecule has 1 atom stereocenters. The molecule has 2 rings (SSSR count). The molecule has 2 aromatic rings. The lowest BCUT2D eigenvalue weighted by Gasteiger charge is -2.15. The number of aromatic nitrogens is 2. The molecule has 1 aromatic carbocycles. The number of aryl methyl sites for hydroxylation is 1. The number of nitrogens with zero attached hydrogens (tertiary/aromatic N) is 2. The second-order valence-electron chi connectivity index (χ2n) is 6.17. The van der Waals surface area contributed by atoms with Crippen molar-refractivity contribution in [1.82, 2.24) is 14.9 Å². The Hall–Kier alpha value is -1.81. The van der Waals surface area contributed by atoms with Gasteiger partial charge in [-0.05, 0) is 50.9 Å². The first-order valence-corrected chi connectivity index (χ1v) is 7.98. The summed E-state index contributed by atoms with van der Waals surface area (Å²) in [7, 11) is 0. The van der Waals surface area contributed by atoms with E-state index in [-0.39, 0.29) is 6.10 Å². The van der Waals surface area contributed by atoms with Crippen molar-refractivity contribution in [2.75, 3.05) is 6.54 Å². The highest BCUT2D eigenvalue weighted by atomic mass is 16.5. The number of imidazole rings is 1. The molecule has 0 aliphatic heterocycles. The second kappa shape index (κ2) is 7.99. The Kier molecular flexibility index (Phi) is 6.01. The summed E-state index contributed by atoms with van der Waals surface area (Å²) in [5.41, 5.74) is 1.28. The lowest BCUT2D eigenvalue weighted by atomic mass is 10.1. The van der Waals surface area contributed by atoms with E-state index in [9.17, 15) is 0 Å². The minimum absolute atomic E-state index is 0.219. The maximum atomic E-state index is 5.65. The molecule has 0 saturated carbocycles. The molecule has 4 heteroatoms. The molecule has 0 radical (unpaired) electrons. The van der Waals surface area contributed by atoms with Crippen LogP contribution < -0.4 is 10.1 Å². The predicted octanol–water partition coefficient (Wildman–Crippen LogP) is 3.40. The molecule has 1 aromatic heterocycles. The molecule has 0 fully saturated rings. The van der Waals surface area contributed by atoms with Crippen molar-refractivity contribution in [3.05, 3.63) is 48.0 Å². The molecular weight excluding hydrogens is 274 g/mol. The maximum absolute atomic E-state index is 5.65. The molecule has 22 heavy (non-hydrogen) atoms. The van der Waals surface area contributed by atoms with Gasteiger partial charge in [-0.3, -0.25) is 0 Å². The molecule has 4 nitrogen and oxygen atoms in total. The molecule has 0 amide bonds. The van der Waals surface area contributed by atoms with Crippen LogP contribution in [0.2, 0.25) is 0 Å². The van der Waals surface area contributed by atoms with E-state index in [4.69, 9.17) is 4.74 Å². The van der Waals surface area contributed by atoms with Crippen LogP contribution in [0.1, 0.15) is 32.2 Å². The van der Waals surface area contributed by atoms with Crippen molar-refractivity contribution in [1.29, 1.82) is 0 Å². The lowest BCUT2D eigenvalue weighted by molar-refractivity contribution is 0.242. The van der Waals surface area contributed by atoms with Crippen molar-refractivity contribution < 1.29 is 4.74 Å². The summed E-state index contributed by atoms with van der Waals surface area (Å²) in [5.74, 6) is 2.58. The first-order valence-electron chi connectivity index (χ1n) is 7.98. The van der Waals surface area contributed by atoms with E-state index in [1.807, 2.05) is 45.3 Å². The van der Waals surface area contributed by atoms with Crippen LogP contribution >= 0.6 is 0 Å². The van der Waals surface area contributed by atoms with Crippen LogP contribution in [0.4, 0.5) is 0 Å². The quantitative estimate of drug-likeness (QED) is 0.812. The smallest absolute Gasteiger partial charge is 0.119 e. The molecule has 1 heterocycles. The topological polar surface area (TPSA) is 39.1 Å². The fourth-order valence-electron chi connectivity index (χ4n) is 2.42. The molecule has 0 spiro atoms. The Morgan fingerprint density at radius 2 is 1.91 bits per heavy atom. The fourth-order valence-corrected chi connectivity index (χ4v) is 2.42. The predicted molar refractivity (Wildman–Crippen MR) is 90.0 cm³/mol.